The molecular formula is C40H50N2O13S3. The van der Waals surface area contributed by atoms with E-state index >= 15 is 0 Å². The van der Waals surface area contributed by atoms with Gasteiger partial charge in [0.15, 0.2) is 0 Å². The van der Waals surface area contributed by atoms with Gasteiger partial charge >= 0.3 is 11.9 Å². The molecule has 18 heteroatoms. The predicted molar refractivity (Wildman–Crippen MR) is 213 cm³/mol. The lowest BCUT2D eigenvalue weighted by atomic mass is 9.85. The molecule has 2 aliphatic carbocycles. The van der Waals surface area contributed by atoms with Gasteiger partial charge < -0.3 is 20.9 Å². The van der Waals surface area contributed by atoms with E-state index in [1.807, 2.05) is 13.8 Å². The zero-order valence-electron chi connectivity index (χ0n) is 33.1. The smallest absolute Gasteiger partial charge is 0.333 e. The van der Waals surface area contributed by atoms with Crippen LogP contribution in [0.1, 0.15) is 50.3 Å². The molecule has 6 atom stereocenters. The van der Waals surface area contributed by atoms with E-state index in [-0.39, 0.29) is 52.2 Å². The first-order valence-electron chi connectivity index (χ1n) is 18.4. The topological polar surface area (TPSA) is 235 Å². The number of aryl methyl sites for hydroxylation is 3. The first-order valence-corrected chi connectivity index (χ1v) is 22.7. The number of nitrogens with two attached hydrogens (primary N) is 2. The fourth-order valence-electron chi connectivity index (χ4n) is 5.92. The third-order valence-electron chi connectivity index (χ3n) is 9.26. The molecule has 58 heavy (non-hydrogen) atoms. The molecule has 3 aromatic carbocycles. The Kier molecular flexibility index (Phi) is 15.7. The van der Waals surface area contributed by atoms with Crippen LogP contribution in [0.3, 0.4) is 0 Å². The van der Waals surface area contributed by atoms with Gasteiger partial charge in [-0.2, -0.15) is 25.3 Å². The highest BCUT2D eigenvalue weighted by Crippen LogP contribution is 2.31. The van der Waals surface area contributed by atoms with Crippen LogP contribution in [0.2, 0.25) is 0 Å². The van der Waals surface area contributed by atoms with Gasteiger partial charge in [-0.3, -0.25) is 12.5 Å². The molecule has 0 bridgehead atoms. The molecule has 4 N–H and O–H groups in total. The fourth-order valence-corrected chi connectivity index (χ4v) is 9.18. The second-order valence-electron chi connectivity index (χ2n) is 13.9. The lowest BCUT2D eigenvalue weighted by Crippen LogP contribution is -2.51. The fraction of sp³-hybridized carbons (Fsp3) is 0.400. The van der Waals surface area contributed by atoms with Gasteiger partial charge in [-0.25, -0.2) is 9.59 Å². The molecule has 0 saturated carbocycles. The molecule has 0 fully saturated rings. The van der Waals surface area contributed by atoms with Crippen LogP contribution in [0, 0.1) is 26.7 Å². The van der Waals surface area contributed by atoms with E-state index in [1.165, 1.54) is 42.5 Å². The average molecular weight is 863 g/mol. The average Bonchev–Trinajstić information content (AvgIpc) is 3.15. The minimum Gasteiger partial charge on any atom is -0.463 e. The van der Waals surface area contributed by atoms with E-state index in [9.17, 15) is 34.8 Å². The predicted octanol–water partition coefficient (Wildman–Crippen LogP) is 4.30. The largest absolute Gasteiger partial charge is 0.463 e. The van der Waals surface area contributed by atoms with Crippen LogP contribution < -0.4 is 11.5 Å². The number of carbonyl (C=O) groups excluding carboxylic acids is 2. The van der Waals surface area contributed by atoms with Crippen molar-refractivity contribution in [3.05, 3.63) is 113 Å². The van der Waals surface area contributed by atoms with Gasteiger partial charge in [-0.05, 0) is 83.0 Å². The van der Waals surface area contributed by atoms with E-state index in [1.54, 1.807) is 70.2 Å². The van der Waals surface area contributed by atoms with Gasteiger partial charge in [-0.1, -0.05) is 66.1 Å². The van der Waals surface area contributed by atoms with E-state index < -0.39 is 72.7 Å². The summed E-state index contributed by atoms with van der Waals surface area (Å²) in [7, 11) is -12.5. The van der Waals surface area contributed by atoms with Gasteiger partial charge in [0.2, 0.25) is 0 Å². The Hall–Kier alpha value is -4.27. The van der Waals surface area contributed by atoms with Crippen LogP contribution in [-0.2, 0) is 62.0 Å². The zero-order valence-corrected chi connectivity index (χ0v) is 35.5. The summed E-state index contributed by atoms with van der Waals surface area (Å²) in [5.74, 6) is -1.40. The summed E-state index contributed by atoms with van der Waals surface area (Å²) >= 11 is 0. The summed E-state index contributed by atoms with van der Waals surface area (Å²) in [6, 6.07) is 16.6. The lowest BCUT2D eigenvalue weighted by Gasteiger charge is -2.33. The zero-order chi connectivity index (χ0) is 43.0. The molecule has 15 nitrogen and oxygen atoms in total. The molecule has 0 saturated heterocycles. The molecule has 0 aliphatic heterocycles. The Balaban J connectivity index is 0.000000273. The second-order valence-corrected chi connectivity index (χ2v) is 18.6. The van der Waals surface area contributed by atoms with Crippen molar-refractivity contribution < 1.29 is 56.9 Å². The molecule has 316 valence electrons. The molecule has 0 spiro atoms. The number of ether oxygens (including phenoxy) is 2. The number of hydrogen-bond acceptors (Lipinski definition) is 15. The highest BCUT2D eigenvalue weighted by Gasteiger charge is 2.40. The molecule has 3 aromatic rings. The van der Waals surface area contributed by atoms with Gasteiger partial charge in [0, 0.05) is 30.0 Å². The molecule has 0 radical (unpaired) electrons. The maximum absolute atomic E-state index is 12.8. The summed E-state index contributed by atoms with van der Waals surface area (Å²) in [4.78, 5) is 24.2. The van der Waals surface area contributed by atoms with Crippen molar-refractivity contribution in [2.75, 3.05) is 13.2 Å². The number of esters is 2. The third kappa shape index (κ3) is 12.1. The Labute approximate surface area is 340 Å². The van der Waals surface area contributed by atoms with E-state index in [4.69, 9.17) is 33.5 Å². The summed E-state index contributed by atoms with van der Waals surface area (Å²) in [5.41, 5.74) is 15.4. The first-order chi connectivity index (χ1) is 27.2. The standard InChI is InChI=1S/C23H27NO8S2.C17H23NO5S/c1-4-30-23(25)17-13-20(31-33(26,27)18-9-5-15(2)6-10-18)22(24)21(14-17)32-34(28,29)19-11-7-16(3)8-12-19;1-4-22-17(19)13-9-12(3)16(18)15(10-13)23-24(20,21)14-7-5-11(2)6-8-14/h5-13,20-22H,4,14,24H2,1-3H3;5-9,12,15-16H,4,10,18H2,1-3H3/t20-,21+,22-;12-,15-,16+/m01/s1. The van der Waals surface area contributed by atoms with Gasteiger partial charge in [0.05, 0.1) is 46.1 Å². The van der Waals surface area contributed by atoms with Crippen molar-refractivity contribution in [3.63, 3.8) is 0 Å². The third-order valence-corrected chi connectivity index (χ3v) is 13.3. The van der Waals surface area contributed by atoms with E-state index in [0.29, 0.717) is 5.57 Å². The van der Waals surface area contributed by atoms with Crippen LogP contribution in [0.25, 0.3) is 0 Å². The maximum Gasteiger partial charge on any atom is 0.333 e. The normalized spacial score (nSPS) is 22.4. The van der Waals surface area contributed by atoms with Crippen molar-refractivity contribution in [3.8, 4) is 0 Å². The molecule has 0 amide bonds. The highest BCUT2D eigenvalue weighted by molar-refractivity contribution is 7.87. The van der Waals surface area contributed by atoms with E-state index in [0.717, 1.165) is 16.7 Å². The molecule has 2 aliphatic rings. The lowest BCUT2D eigenvalue weighted by molar-refractivity contribution is -0.140. The van der Waals surface area contributed by atoms with Gasteiger partial charge in [0.25, 0.3) is 30.4 Å². The molecule has 5 rings (SSSR count). The molecule has 0 aromatic heterocycles. The highest BCUT2D eigenvalue weighted by atomic mass is 32.2. The van der Waals surface area contributed by atoms with Crippen LogP contribution in [0.15, 0.2) is 111 Å². The number of hydrogen-bond donors (Lipinski definition) is 2. The quantitative estimate of drug-likeness (QED) is 0.180. The summed E-state index contributed by atoms with van der Waals surface area (Å²) in [5, 5.41) is 0. The first kappa shape index (κ1) is 46.4. The molecule has 0 heterocycles. The van der Waals surface area contributed by atoms with Crippen LogP contribution in [-0.4, -0.2) is 80.8 Å². The van der Waals surface area contributed by atoms with E-state index in [2.05, 4.69) is 0 Å². The van der Waals surface area contributed by atoms with Crippen LogP contribution in [0.4, 0.5) is 0 Å². The van der Waals surface area contributed by atoms with Crippen molar-refractivity contribution in [2.45, 2.75) is 99.5 Å². The van der Waals surface area contributed by atoms with Crippen molar-refractivity contribution in [2.24, 2.45) is 17.4 Å². The molecule has 0 unspecified atom stereocenters. The van der Waals surface area contributed by atoms with Crippen LogP contribution in [0.5, 0.6) is 0 Å². The Morgan fingerprint density at radius 3 is 1.24 bits per heavy atom. The van der Waals surface area contributed by atoms with Crippen molar-refractivity contribution in [1.82, 2.24) is 0 Å². The minimum atomic E-state index is -4.28. The van der Waals surface area contributed by atoms with Crippen molar-refractivity contribution in [1.29, 1.82) is 0 Å². The number of carbonyl (C=O) groups is 2. The Bertz CT molecular complexity index is 2310. The monoisotopic (exact) mass is 862 g/mol. The van der Waals surface area contributed by atoms with Gasteiger partial charge in [0.1, 0.15) is 6.10 Å². The minimum absolute atomic E-state index is 0.0109. The molecular weight excluding hydrogens is 813 g/mol. The Morgan fingerprint density at radius 1 is 0.552 bits per heavy atom. The number of benzene rings is 3. The summed E-state index contributed by atoms with van der Waals surface area (Å²) < 4.78 is 102. The van der Waals surface area contributed by atoms with Crippen molar-refractivity contribution >= 4 is 42.3 Å². The van der Waals surface area contributed by atoms with Gasteiger partial charge in [-0.15, -0.1) is 0 Å². The maximum atomic E-state index is 12.8. The SMILES string of the molecule is CCOC(=O)C1=C[C@@H](C)[C@H](N)[C@H](OS(=O)(=O)c2ccc(C)cc2)C1.CCOC(=O)C1=C[C@H](OS(=O)(=O)c2ccc(C)cc2)[C@H](N)[C@H](OS(=O)(=O)c2ccc(C)cc2)C1. The van der Waals surface area contributed by atoms with Crippen LogP contribution >= 0.6 is 0 Å². The second kappa shape index (κ2) is 19.7. The number of rotatable bonds is 13. The summed E-state index contributed by atoms with van der Waals surface area (Å²) in [6.07, 6.45) is -0.569. The Morgan fingerprint density at radius 2 is 0.879 bits per heavy atom. The summed E-state index contributed by atoms with van der Waals surface area (Å²) in [6.45, 7) is 10.9.